The number of hydrogen-bond acceptors (Lipinski definition) is 4. The number of piperidine rings is 1. The number of nitrogens with zero attached hydrogens (tertiary/aromatic N) is 2. The van der Waals surface area contributed by atoms with Gasteiger partial charge in [0.25, 0.3) is 0 Å². The zero-order valence-corrected chi connectivity index (χ0v) is 13.0. The Labute approximate surface area is 126 Å². The number of aromatic nitrogens is 1. The maximum atomic E-state index is 11.4. The van der Waals surface area contributed by atoms with Gasteiger partial charge in [-0.15, -0.1) is 0 Å². The van der Waals surface area contributed by atoms with Gasteiger partial charge >= 0.3 is 0 Å². The first-order valence-corrected chi connectivity index (χ1v) is 7.76. The fourth-order valence-corrected chi connectivity index (χ4v) is 2.75. The molecule has 1 fully saturated rings. The molecule has 21 heavy (non-hydrogen) atoms. The Morgan fingerprint density at radius 1 is 1.57 bits per heavy atom. The highest BCUT2D eigenvalue weighted by Crippen LogP contribution is 2.24. The summed E-state index contributed by atoms with van der Waals surface area (Å²) in [7, 11) is 0. The van der Waals surface area contributed by atoms with Crippen LogP contribution in [0.15, 0.2) is 18.3 Å². The van der Waals surface area contributed by atoms with Gasteiger partial charge in [-0.1, -0.05) is 19.9 Å². The van der Waals surface area contributed by atoms with Crippen molar-refractivity contribution in [3.8, 4) is 0 Å². The molecule has 2 rings (SSSR count). The van der Waals surface area contributed by atoms with Gasteiger partial charge in [-0.05, 0) is 31.4 Å². The summed E-state index contributed by atoms with van der Waals surface area (Å²) in [6, 6.07) is 4.06. The molecule has 1 unspecified atom stereocenters. The SMILES string of the molecule is CC(C)CNCc1cccnc1N1CCCC(C(N)=O)C1. The van der Waals surface area contributed by atoms with E-state index in [9.17, 15) is 4.79 Å². The lowest BCUT2D eigenvalue weighted by Gasteiger charge is -2.33. The van der Waals surface area contributed by atoms with Crippen LogP contribution < -0.4 is 16.0 Å². The van der Waals surface area contributed by atoms with Crippen molar-refractivity contribution in [3.63, 3.8) is 0 Å². The minimum Gasteiger partial charge on any atom is -0.369 e. The summed E-state index contributed by atoms with van der Waals surface area (Å²) in [6.45, 7) is 7.80. The lowest BCUT2D eigenvalue weighted by Crippen LogP contribution is -2.42. The summed E-state index contributed by atoms with van der Waals surface area (Å²) in [5.74, 6) is 1.35. The Hall–Kier alpha value is -1.62. The molecule has 3 N–H and O–H groups in total. The molecule has 0 saturated carbocycles. The molecule has 116 valence electrons. The van der Waals surface area contributed by atoms with Crippen molar-refractivity contribution >= 4 is 11.7 Å². The second-order valence-electron chi connectivity index (χ2n) is 6.20. The topological polar surface area (TPSA) is 71.2 Å². The summed E-state index contributed by atoms with van der Waals surface area (Å²) < 4.78 is 0. The summed E-state index contributed by atoms with van der Waals surface area (Å²) in [6.07, 6.45) is 3.69. The fourth-order valence-electron chi connectivity index (χ4n) is 2.75. The maximum Gasteiger partial charge on any atom is 0.222 e. The van der Waals surface area contributed by atoms with Gasteiger partial charge < -0.3 is 16.0 Å². The predicted molar refractivity (Wildman–Crippen MR) is 84.9 cm³/mol. The van der Waals surface area contributed by atoms with Crippen LogP contribution in [0.1, 0.15) is 32.3 Å². The van der Waals surface area contributed by atoms with E-state index in [1.165, 1.54) is 5.56 Å². The molecule has 0 radical (unpaired) electrons. The second kappa shape index (κ2) is 7.41. The third kappa shape index (κ3) is 4.43. The van der Waals surface area contributed by atoms with Gasteiger partial charge in [0.2, 0.25) is 5.91 Å². The number of hydrogen-bond donors (Lipinski definition) is 2. The number of nitrogens with one attached hydrogen (secondary N) is 1. The van der Waals surface area contributed by atoms with Crippen LogP contribution in [0.2, 0.25) is 0 Å². The van der Waals surface area contributed by atoms with Crippen molar-refractivity contribution in [2.45, 2.75) is 33.2 Å². The highest BCUT2D eigenvalue weighted by atomic mass is 16.1. The lowest BCUT2D eigenvalue weighted by atomic mass is 9.97. The molecule has 5 nitrogen and oxygen atoms in total. The van der Waals surface area contributed by atoms with Crippen molar-refractivity contribution in [3.05, 3.63) is 23.9 Å². The van der Waals surface area contributed by atoms with E-state index in [2.05, 4.69) is 35.1 Å². The van der Waals surface area contributed by atoms with E-state index < -0.39 is 0 Å². The summed E-state index contributed by atoms with van der Waals surface area (Å²) >= 11 is 0. The van der Waals surface area contributed by atoms with Crippen LogP contribution in [0.3, 0.4) is 0 Å². The third-order valence-corrected chi connectivity index (χ3v) is 3.86. The zero-order valence-electron chi connectivity index (χ0n) is 13.0. The van der Waals surface area contributed by atoms with Crippen LogP contribution in [0.5, 0.6) is 0 Å². The number of amides is 1. The molecule has 1 saturated heterocycles. The Morgan fingerprint density at radius 3 is 3.10 bits per heavy atom. The summed E-state index contributed by atoms with van der Waals surface area (Å²) in [5.41, 5.74) is 6.64. The smallest absolute Gasteiger partial charge is 0.222 e. The fraction of sp³-hybridized carbons (Fsp3) is 0.625. The average molecular weight is 290 g/mol. The molecular weight excluding hydrogens is 264 g/mol. The highest BCUT2D eigenvalue weighted by Gasteiger charge is 2.25. The van der Waals surface area contributed by atoms with Crippen molar-refractivity contribution in [1.82, 2.24) is 10.3 Å². The summed E-state index contributed by atoms with van der Waals surface area (Å²) in [5, 5.41) is 3.46. The van der Waals surface area contributed by atoms with Gasteiger partial charge in [-0.25, -0.2) is 4.98 Å². The van der Waals surface area contributed by atoms with Gasteiger partial charge in [-0.3, -0.25) is 4.79 Å². The van der Waals surface area contributed by atoms with Crippen LogP contribution in [0.25, 0.3) is 0 Å². The van der Waals surface area contributed by atoms with Gasteiger partial charge in [0.05, 0.1) is 5.92 Å². The van der Waals surface area contributed by atoms with Gasteiger partial charge in [0, 0.05) is 31.4 Å². The number of rotatable bonds is 6. The number of carbonyl (C=O) groups is 1. The first-order valence-electron chi connectivity index (χ1n) is 7.76. The van der Waals surface area contributed by atoms with E-state index >= 15 is 0 Å². The van der Waals surface area contributed by atoms with E-state index in [0.717, 1.165) is 38.3 Å². The third-order valence-electron chi connectivity index (χ3n) is 3.86. The van der Waals surface area contributed by atoms with Crippen LogP contribution >= 0.6 is 0 Å². The van der Waals surface area contributed by atoms with Gasteiger partial charge in [0.15, 0.2) is 0 Å². The molecule has 5 heteroatoms. The molecule has 1 aliphatic rings. The normalized spacial score (nSPS) is 19.0. The summed E-state index contributed by atoms with van der Waals surface area (Å²) in [4.78, 5) is 18.2. The molecule has 1 aromatic rings. The molecule has 1 atom stereocenters. The van der Waals surface area contributed by atoms with Crippen molar-refractivity contribution in [2.24, 2.45) is 17.6 Å². The molecule has 1 aliphatic heterocycles. The van der Waals surface area contributed by atoms with E-state index in [1.54, 1.807) is 0 Å². The first kappa shape index (κ1) is 15.8. The monoisotopic (exact) mass is 290 g/mol. The molecule has 0 aromatic carbocycles. The molecular formula is C16H26N4O. The number of carbonyl (C=O) groups excluding carboxylic acids is 1. The van der Waals surface area contributed by atoms with Crippen molar-refractivity contribution in [1.29, 1.82) is 0 Å². The molecule has 0 bridgehead atoms. The number of primary amides is 1. The molecule has 2 heterocycles. The Morgan fingerprint density at radius 2 is 2.38 bits per heavy atom. The highest BCUT2D eigenvalue weighted by molar-refractivity contribution is 5.77. The van der Waals surface area contributed by atoms with E-state index in [1.807, 2.05) is 12.3 Å². The van der Waals surface area contributed by atoms with Crippen molar-refractivity contribution < 1.29 is 4.79 Å². The molecule has 0 spiro atoms. The lowest BCUT2D eigenvalue weighted by molar-refractivity contribution is -0.122. The zero-order chi connectivity index (χ0) is 15.2. The molecule has 1 aromatic heterocycles. The van der Waals surface area contributed by atoms with Crippen LogP contribution in [0, 0.1) is 11.8 Å². The van der Waals surface area contributed by atoms with Gasteiger partial charge in [0.1, 0.15) is 5.82 Å². The Kier molecular flexibility index (Phi) is 5.56. The van der Waals surface area contributed by atoms with Gasteiger partial charge in [-0.2, -0.15) is 0 Å². The maximum absolute atomic E-state index is 11.4. The second-order valence-corrected chi connectivity index (χ2v) is 6.20. The van der Waals surface area contributed by atoms with Crippen LogP contribution in [0.4, 0.5) is 5.82 Å². The Balaban J connectivity index is 2.06. The number of anilines is 1. The van der Waals surface area contributed by atoms with Crippen molar-refractivity contribution in [2.75, 3.05) is 24.5 Å². The van der Waals surface area contributed by atoms with Crippen LogP contribution in [-0.2, 0) is 11.3 Å². The largest absolute Gasteiger partial charge is 0.369 e. The predicted octanol–water partition coefficient (Wildman–Crippen LogP) is 1.53. The standard InChI is InChI=1S/C16H26N4O/c1-12(2)9-18-10-13-5-3-7-19-16(13)20-8-4-6-14(11-20)15(17)21/h3,5,7,12,14,18H,4,6,8-11H2,1-2H3,(H2,17,21). The minimum atomic E-state index is -0.199. The van der Waals surface area contributed by atoms with E-state index in [4.69, 9.17) is 5.73 Å². The quantitative estimate of drug-likeness (QED) is 0.833. The van der Waals surface area contributed by atoms with Crippen LogP contribution in [-0.4, -0.2) is 30.5 Å². The first-order chi connectivity index (χ1) is 10.1. The number of pyridine rings is 1. The molecule has 0 aliphatic carbocycles. The van der Waals surface area contributed by atoms with E-state index in [0.29, 0.717) is 12.5 Å². The Bertz CT molecular complexity index is 475. The number of nitrogens with two attached hydrogens (primary N) is 1. The average Bonchev–Trinajstić information content (AvgIpc) is 2.47. The molecule has 1 amide bonds. The van der Waals surface area contributed by atoms with E-state index in [-0.39, 0.29) is 11.8 Å². The minimum absolute atomic E-state index is 0.0581.